The maximum atomic E-state index is 11.9. The smallest absolute Gasteiger partial charge is 0.246 e. The zero-order valence-electron chi connectivity index (χ0n) is 16.2. The molecule has 0 atom stereocenters. The van der Waals surface area contributed by atoms with Gasteiger partial charge in [0.1, 0.15) is 0 Å². The highest BCUT2D eigenvalue weighted by atomic mass is 16.2. The van der Waals surface area contributed by atoms with Gasteiger partial charge >= 0.3 is 0 Å². The fraction of sp³-hybridized carbons (Fsp3) is 0.182. The molecule has 2 aromatic carbocycles. The summed E-state index contributed by atoms with van der Waals surface area (Å²) in [7, 11) is 0. The number of carbonyl (C=O) groups excluding carboxylic acids is 2. The minimum atomic E-state index is -0.318. The lowest BCUT2D eigenvalue weighted by Crippen LogP contribution is -2.33. The van der Waals surface area contributed by atoms with E-state index < -0.39 is 0 Å². The van der Waals surface area contributed by atoms with Gasteiger partial charge in [-0.15, -0.1) is 0 Å². The van der Waals surface area contributed by atoms with Crippen molar-refractivity contribution in [3.05, 3.63) is 82.9 Å². The number of hydrogen-bond acceptors (Lipinski definition) is 4. The molecule has 146 valence electrons. The van der Waals surface area contributed by atoms with Crippen LogP contribution in [0.4, 0.5) is 0 Å². The molecule has 0 aliphatic rings. The van der Waals surface area contributed by atoms with Crippen molar-refractivity contribution in [2.75, 3.05) is 13.1 Å². The molecule has 0 radical (unpaired) electrons. The van der Waals surface area contributed by atoms with Crippen LogP contribution >= 0.6 is 0 Å². The first kappa shape index (κ1) is 20.8. The SMILES string of the molecule is Cc1ccc(C(N)=CC(=O)NCCNC(=O)C=C(N)c2ccc(C)cc2)cc1. The molecular weight excluding hydrogens is 352 g/mol. The van der Waals surface area contributed by atoms with Crippen LogP contribution in [-0.4, -0.2) is 24.9 Å². The number of rotatable bonds is 7. The average Bonchev–Trinajstić information content (AvgIpc) is 2.66. The van der Waals surface area contributed by atoms with Crippen molar-refractivity contribution >= 4 is 23.2 Å². The summed E-state index contributed by atoms with van der Waals surface area (Å²) in [5.74, 6) is -0.635. The molecule has 2 amide bonds. The van der Waals surface area contributed by atoms with Crippen LogP contribution < -0.4 is 22.1 Å². The molecule has 2 aromatic rings. The highest BCUT2D eigenvalue weighted by Gasteiger charge is 2.03. The lowest BCUT2D eigenvalue weighted by Gasteiger charge is -2.06. The zero-order chi connectivity index (χ0) is 20.5. The molecule has 0 heterocycles. The van der Waals surface area contributed by atoms with E-state index in [0.29, 0.717) is 11.4 Å². The van der Waals surface area contributed by atoms with Crippen molar-refractivity contribution in [2.24, 2.45) is 11.5 Å². The molecule has 0 unspecified atom stereocenters. The van der Waals surface area contributed by atoms with Crippen LogP contribution in [0.25, 0.3) is 11.4 Å². The van der Waals surface area contributed by atoms with Crippen molar-refractivity contribution < 1.29 is 9.59 Å². The molecule has 28 heavy (non-hydrogen) atoms. The van der Waals surface area contributed by atoms with Crippen LogP contribution in [-0.2, 0) is 9.59 Å². The van der Waals surface area contributed by atoms with E-state index in [1.54, 1.807) is 0 Å². The van der Waals surface area contributed by atoms with Gasteiger partial charge < -0.3 is 22.1 Å². The number of aryl methyl sites for hydroxylation is 2. The Bertz CT molecular complexity index is 806. The average molecular weight is 378 g/mol. The predicted molar refractivity (Wildman–Crippen MR) is 113 cm³/mol. The van der Waals surface area contributed by atoms with Gasteiger partial charge in [0.15, 0.2) is 0 Å². The fourth-order valence-corrected chi connectivity index (χ4v) is 2.41. The Kier molecular flexibility index (Phi) is 7.39. The van der Waals surface area contributed by atoms with E-state index in [2.05, 4.69) is 10.6 Å². The molecule has 0 saturated heterocycles. The second-order valence-corrected chi connectivity index (χ2v) is 6.51. The lowest BCUT2D eigenvalue weighted by atomic mass is 10.1. The maximum absolute atomic E-state index is 11.9. The molecule has 6 N–H and O–H groups in total. The van der Waals surface area contributed by atoms with Crippen molar-refractivity contribution in [2.45, 2.75) is 13.8 Å². The Hall–Kier alpha value is -3.54. The minimum Gasteiger partial charge on any atom is -0.398 e. The van der Waals surface area contributed by atoms with Crippen molar-refractivity contribution in [3.63, 3.8) is 0 Å². The summed E-state index contributed by atoms with van der Waals surface area (Å²) in [5.41, 5.74) is 16.4. The number of benzene rings is 2. The van der Waals surface area contributed by atoms with Crippen LogP contribution in [0.15, 0.2) is 60.7 Å². The minimum absolute atomic E-state index is 0.278. The fourth-order valence-electron chi connectivity index (χ4n) is 2.41. The van der Waals surface area contributed by atoms with Crippen LogP contribution in [0, 0.1) is 13.8 Å². The van der Waals surface area contributed by atoms with Gasteiger partial charge in [0.2, 0.25) is 11.8 Å². The van der Waals surface area contributed by atoms with Crippen LogP contribution in [0.2, 0.25) is 0 Å². The number of carbonyl (C=O) groups is 2. The second kappa shape index (κ2) is 9.97. The lowest BCUT2D eigenvalue weighted by molar-refractivity contribution is -0.118. The highest BCUT2D eigenvalue weighted by Crippen LogP contribution is 2.10. The third-order valence-corrected chi connectivity index (χ3v) is 4.07. The largest absolute Gasteiger partial charge is 0.398 e. The van der Waals surface area contributed by atoms with E-state index in [9.17, 15) is 9.59 Å². The van der Waals surface area contributed by atoms with E-state index in [4.69, 9.17) is 11.5 Å². The monoisotopic (exact) mass is 378 g/mol. The first-order valence-electron chi connectivity index (χ1n) is 8.99. The summed E-state index contributed by atoms with van der Waals surface area (Å²) in [5, 5.41) is 5.36. The summed E-state index contributed by atoms with van der Waals surface area (Å²) >= 11 is 0. The normalized spacial score (nSPS) is 11.8. The molecule has 2 rings (SSSR count). The maximum Gasteiger partial charge on any atom is 0.246 e. The number of hydrogen-bond donors (Lipinski definition) is 4. The third-order valence-electron chi connectivity index (χ3n) is 4.07. The van der Waals surface area contributed by atoms with E-state index in [0.717, 1.165) is 22.3 Å². The number of nitrogens with one attached hydrogen (secondary N) is 2. The van der Waals surface area contributed by atoms with Gasteiger partial charge in [0.05, 0.1) is 0 Å². The highest BCUT2D eigenvalue weighted by molar-refractivity contribution is 5.95. The van der Waals surface area contributed by atoms with Gasteiger partial charge in [-0.3, -0.25) is 9.59 Å². The van der Waals surface area contributed by atoms with Crippen molar-refractivity contribution in [3.8, 4) is 0 Å². The number of nitrogens with two attached hydrogens (primary N) is 2. The van der Waals surface area contributed by atoms with Gasteiger partial charge in [-0.05, 0) is 25.0 Å². The summed E-state index contributed by atoms with van der Waals surface area (Å²) in [6.45, 7) is 4.52. The van der Waals surface area contributed by atoms with Gasteiger partial charge in [-0.2, -0.15) is 0 Å². The topological polar surface area (TPSA) is 110 Å². The van der Waals surface area contributed by atoms with E-state index in [-0.39, 0.29) is 24.9 Å². The summed E-state index contributed by atoms with van der Waals surface area (Å²) in [6, 6.07) is 15.2. The van der Waals surface area contributed by atoms with E-state index in [1.807, 2.05) is 62.4 Å². The molecule has 6 nitrogen and oxygen atoms in total. The van der Waals surface area contributed by atoms with Gasteiger partial charge in [-0.1, -0.05) is 59.7 Å². The third kappa shape index (κ3) is 6.64. The second-order valence-electron chi connectivity index (χ2n) is 6.51. The van der Waals surface area contributed by atoms with Gasteiger partial charge in [-0.25, -0.2) is 0 Å². The summed E-state index contributed by atoms with van der Waals surface area (Å²) < 4.78 is 0. The molecule has 6 heteroatoms. The first-order chi connectivity index (χ1) is 13.3. The quantitative estimate of drug-likeness (QED) is 0.435. The Labute approximate surface area is 165 Å². The summed E-state index contributed by atoms with van der Waals surface area (Å²) in [6.07, 6.45) is 2.67. The van der Waals surface area contributed by atoms with E-state index >= 15 is 0 Å². The Balaban J connectivity index is 1.76. The van der Waals surface area contributed by atoms with Crippen LogP contribution in [0.3, 0.4) is 0 Å². The van der Waals surface area contributed by atoms with Gasteiger partial charge in [0.25, 0.3) is 0 Å². The first-order valence-corrected chi connectivity index (χ1v) is 8.99. The molecule has 0 bridgehead atoms. The Morgan fingerprint density at radius 2 is 1.04 bits per heavy atom. The molecule has 0 aromatic heterocycles. The van der Waals surface area contributed by atoms with Gasteiger partial charge in [0, 0.05) is 36.6 Å². The molecule has 0 saturated carbocycles. The Morgan fingerprint density at radius 1 is 0.714 bits per heavy atom. The Morgan fingerprint density at radius 3 is 1.36 bits per heavy atom. The standard InChI is InChI=1S/C22H26N4O2/c1-15-3-7-17(8-4-15)19(23)13-21(27)25-11-12-26-22(28)14-20(24)18-9-5-16(2)6-10-18/h3-10,13-14H,11-12,23-24H2,1-2H3,(H,25,27)(H,26,28). The zero-order valence-corrected chi connectivity index (χ0v) is 16.2. The molecule has 0 aliphatic carbocycles. The molecular formula is C22H26N4O2. The summed E-state index contributed by atoms with van der Waals surface area (Å²) in [4.78, 5) is 23.8. The van der Waals surface area contributed by atoms with Crippen molar-refractivity contribution in [1.82, 2.24) is 10.6 Å². The predicted octanol–water partition coefficient (Wildman–Crippen LogP) is 1.84. The molecule has 0 fully saturated rings. The van der Waals surface area contributed by atoms with Crippen molar-refractivity contribution in [1.29, 1.82) is 0 Å². The van der Waals surface area contributed by atoms with Crippen LogP contribution in [0.1, 0.15) is 22.3 Å². The molecule has 0 spiro atoms. The molecule has 0 aliphatic heterocycles. The van der Waals surface area contributed by atoms with E-state index in [1.165, 1.54) is 12.2 Å². The van der Waals surface area contributed by atoms with Crippen LogP contribution in [0.5, 0.6) is 0 Å². The number of amides is 2.